The van der Waals surface area contributed by atoms with Gasteiger partial charge < -0.3 is 10.6 Å². The molecule has 0 spiro atoms. The largest absolute Gasteiger partial charge is 0.349 e. The first-order chi connectivity index (χ1) is 10.2. The lowest BCUT2D eigenvalue weighted by Crippen LogP contribution is -2.38. The van der Waals surface area contributed by atoms with Gasteiger partial charge in [0.25, 0.3) is 5.91 Å². The van der Waals surface area contributed by atoms with E-state index >= 15 is 0 Å². The first-order valence-electron chi connectivity index (χ1n) is 8.28. The van der Waals surface area contributed by atoms with Gasteiger partial charge in [0.2, 0.25) is 0 Å². The number of carbonyl (C=O) groups is 1. The summed E-state index contributed by atoms with van der Waals surface area (Å²) >= 11 is 0. The number of carbonyl (C=O) groups excluding carboxylic acids is 1. The van der Waals surface area contributed by atoms with Crippen LogP contribution < -0.4 is 10.6 Å². The van der Waals surface area contributed by atoms with Crippen molar-refractivity contribution in [1.29, 1.82) is 0 Å². The topological polar surface area (TPSA) is 41.1 Å². The first-order valence-corrected chi connectivity index (χ1v) is 8.28. The molecule has 0 heterocycles. The fraction of sp³-hybridized carbons (Fsp3) is 0.611. The van der Waals surface area contributed by atoms with Gasteiger partial charge in [0.1, 0.15) is 0 Å². The van der Waals surface area contributed by atoms with E-state index in [4.69, 9.17) is 0 Å². The molecule has 21 heavy (non-hydrogen) atoms. The summed E-state index contributed by atoms with van der Waals surface area (Å²) in [6.07, 6.45) is 6.92. The minimum Gasteiger partial charge on any atom is -0.349 e. The van der Waals surface area contributed by atoms with Crippen LogP contribution in [0.4, 0.5) is 0 Å². The fourth-order valence-electron chi connectivity index (χ4n) is 3.20. The number of rotatable bonds is 6. The lowest BCUT2D eigenvalue weighted by Gasteiger charge is -2.28. The third-order valence-corrected chi connectivity index (χ3v) is 4.67. The predicted molar refractivity (Wildman–Crippen MR) is 87.6 cm³/mol. The Morgan fingerprint density at radius 3 is 2.57 bits per heavy atom. The molecule has 1 aromatic rings. The van der Waals surface area contributed by atoms with E-state index in [-0.39, 0.29) is 5.91 Å². The van der Waals surface area contributed by atoms with Crippen LogP contribution in [0.1, 0.15) is 54.9 Å². The predicted octanol–water partition coefficient (Wildman–Crippen LogP) is 3.15. The summed E-state index contributed by atoms with van der Waals surface area (Å²) < 4.78 is 0. The van der Waals surface area contributed by atoms with Crippen molar-refractivity contribution < 1.29 is 4.79 Å². The molecule has 1 aromatic carbocycles. The van der Waals surface area contributed by atoms with Gasteiger partial charge in [-0.2, -0.15) is 0 Å². The lowest BCUT2D eigenvalue weighted by molar-refractivity contribution is 0.0920. The number of likely N-dealkylation sites (N-methyl/N-ethyl adjacent to an activating group) is 1. The van der Waals surface area contributed by atoms with Gasteiger partial charge in [-0.05, 0) is 63.2 Å². The van der Waals surface area contributed by atoms with E-state index in [0.29, 0.717) is 6.04 Å². The van der Waals surface area contributed by atoms with Crippen molar-refractivity contribution in [2.45, 2.75) is 51.5 Å². The van der Waals surface area contributed by atoms with E-state index in [0.717, 1.165) is 42.9 Å². The van der Waals surface area contributed by atoms with Crippen LogP contribution in [0.3, 0.4) is 0 Å². The molecule has 0 unspecified atom stereocenters. The fourth-order valence-corrected chi connectivity index (χ4v) is 3.20. The second-order valence-electron chi connectivity index (χ2n) is 6.11. The van der Waals surface area contributed by atoms with E-state index in [1.54, 1.807) is 0 Å². The quantitative estimate of drug-likeness (QED) is 0.844. The number of benzene rings is 1. The van der Waals surface area contributed by atoms with Crippen molar-refractivity contribution >= 4 is 5.91 Å². The summed E-state index contributed by atoms with van der Waals surface area (Å²) in [6.45, 7) is 3.16. The van der Waals surface area contributed by atoms with E-state index in [1.165, 1.54) is 19.3 Å². The highest BCUT2D eigenvalue weighted by atomic mass is 16.1. The van der Waals surface area contributed by atoms with E-state index in [1.807, 2.05) is 25.2 Å². The van der Waals surface area contributed by atoms with Crippen LogP contribution in [0, 0.1) is 5.92 Å². The Morgan fingerprint density at radius 2 is 1.90 bits per heavy atom. The summed E-state index contributed by atoms with van der Waals surface area (Å²) in [5.41, 5.74) is 1.97. The zero-order chi connectivity index (χ0) is 15.1. The Hall–Kier alpha value is -1.35. The van der Waals surface area contributed by atoms with Crippen LogP contribution in [0.15, 0.2) is 24.3 Å². The van der Waals surface area contributed by atoms with Gasteiger partial charge in [0.15, 0.2) is 0 Å². The van der Waals surface area contributed by atoms with Crippen LogP contribution in [0.25, 0.3) is 0 Å². The Bertz CT molecular complexity index is 450. The van der Waals surface area contributed by atoms with Gasteiger partial charge in [-0.1, -0.05) is 31.5 Å². The lowest BCUT2D eigenvalue weighted by atomic mass is 9.84. The third kappa shape index (κ3) is 4.57. The van der Waals surface area contributed by atoms with Crippen LogP contribution in [0.5, 0.6) is 0 Å². The Kier molecular flexibility index (Phi) is 6.24. The Labute approximate surface area is 128 Å². The zero-order valence-electron chi connectivity index (χ0n) is 13.3. The minimum atomic E-state index is 0.0988. The molecule has 0 radical (unpaired) electrons. The number of hydrogen-bond acceptors (Lipinski definition) is 2. The average Bonchev–Trinajstić information content (AvgIpc) is 2.54. The summed E-state index contributed by atoms with van der Waals surface area (Å²) in [7, 11) is 1.94. The molecule has 1 aliphatic carbocycles. The molecule has 0 bridgehead atoms. The average molecular weight is 288 g/mol. The smallest absolute Gasteiger partial charge is 0.251 e. The molecule has 0 aliphatic heterocycles. The molecule has 0 saturated heterocycles. The SMILES string of the molecule is CCC1CCC(NC(=O)c2ccccc2CCNC)CC1. The molecule has 2 rings (SSSR count). The molecule has 3 nitrogen and oxygen atoms in total. The molecule has 1 amide bonds. The molecule has 2 N–H and O–H groups in total. The number of amides is 1. The minimum absolute atomic E-state index is 0.0988. The van der Waals surface area contributed by atoms with Gasteiger partial charge in [0.05, 0.1) is 0 Å². The van der Waals surface area contributed by atoms with Crippen molar-refractivity contribution in [2.75, 3.05) is 13.6 Å². The molecular weight excluding hydrogens is 260 g/mol. The number of hydrogen-bond donors (Lipinski definition) is 2. The zero-order valence-corrected chi connectivity index (χ0v) is 13.3. The highest BCUT2D eigenvalue weighted by Gasteiger charge is 2.22. The van der Waals surface area contributed by atoms with Crippen LogP contribution in [-0.2, 0) is 6.42 Å². The maximum Gasteiger partial charge on any atom is 0.251 e. The second kappa shape index (κ2) is 8.18. The molecule has 1 saturated carbocycles. The molecule has 1 aliphatic rings. The van der Waals surface area contributed by atoms with Crippen molar-refractivity contribution in [3.63, 3.8) is 0 Å². The standard InChI is InChI=1S/C18H28N2O/c1-3-14-8-10-16(11-9-14)20-18(21)17-7-5-4-6-15(17)12-13-19-2/h4-7,14,16,19H,3,8-13H2,1-2H3,(H,20,21). The van der Waals surface area contributed by atoms with Crippen molar-refractivity contribution in [3.05, 3.63) is 35.4 Å². The van der Waals surface area contributed by atoms with Crippen molar-refractivity contribution in [3.8, 4) is 0 Å². The highest BCUT2D eigenvalue weighted by Crippen LogP contribution is 2.26. The van der Waals surface area contributed by atoms with Gasteiger partial charge in [-0.15, -0.1) is 0 Å². The Balaban J connectivity index is 1.94. The molecule has 1 fully saturated rings. The van der Waals surface area contributed by atoms with E-state index < -0.39 is 0 Å². The monoisotopic (exact) mass is 288 g/mol. The van der Waals surface area contributed by atoms with Gasteiger partial charge in [0, 0.05) is 11.6 Å². The van der Waals surface area contributed by atoms with Gasteiger partial charge in [-0.25, -0.2) is 0 Å². The van der Waals surface area contributed by atoms with Gasteiger partial charge in [-0.3, -0.25) is 4.79 Å². The molecule has 116 valence electrons. The third-order valence-electron chi connectivity index (χ3n) is 4.67. The summed E-state index contributed by atoms with van der Waals surface area (Å²) in [6, 6.07) is 8.32. The van der Waals surface area contributed by atoms with E-state index in [9.17, 15) is 4.79 Å². The van der Waals surface area contributed by atoms with E-state index in [2.05, 4.69) is 23.6 Å². The molecular formula is C18H28N2O. The number of nitrogens with one attached hydrogen (secondary N) is 2. The van der Waals surface area contributed by atoms with Crippen molar-refractivity contribution in [1.82, 2.24) is 10.6 Å². The van der Waals surface area contributed by atoms with Crippen molar-refractivity contribution in [2.24, 2.45) is 5.92 Å². The van der Waals surface area contributed by atoms with Crippen LogP contribution >= 0.6 is 0 Å². The maximum absolute atomic E-state index is 12.5. The Morgan fingerprint density at radius 1 is 1.19 bits per heavy atom. The van der Waals surface area contributed by atoms with Gasteiger partial charge >= 0.3 is 0 Å². The second-order valence-corrected chi connectivity index (χ2v) is 6.11. The van der Waals surface area contributed by atoms with Crippen LogP contribution in [0.2, 0.25) is 0 Å². The summed E-state index contributed by atoms with van der Waals surface area (Å²) in [4.78, 5) is 12.5. The maximum atomic E-state index is 12.5. The molecule has 3 heteroatoms. The normalized spacial score (nSPS) is 22.0. The first kappa shape index (κ1) is 16.0. The summed E-state index contributed by atoms with van der Waals surface area (Å²) in [5, 5.41) is 6.38. The molecule has 0 aromatic heterocycles. The summed E-state index contributed by atoms with van der Waals surface area (Å²) in [5.74, 6) is 0.961. The molecule has 0 atom stereocenters. The van der Waals surface area contributed by atoms with Crippen LogP contribution in [-0.4, -0.2) is 25.5 Å². The highest BCUT2D eigenvalue weighted by molar-refractivity contribution is 5.95.